The molecule has 0 fully saturated rings. The molecular weight excluding hydrogens is 258 g/mol. The summed E-state index contributed by atoms with van der Waals surface area (Å²) >= 11 is 0. The summed E-state index contributed by atoms with van der Waals surface area (Å²) in [7, 11) is 2.17. The molecular formula is C18H19N3. The first-order chi connectivity index (χ1) is 10.2. The average molecular weight is 277 g/mol. The minimum atomic E-state index is 1.05. The maximum Gasteiger partial charge on any atom is 0.1000 e. The molecule has 106 valence electrons. The van der Waals surface area contributed by atoms with Crippen LogP contribution in [0.1, 0.15) is 17.5 Å². The average Bonchev–Trinajstić information content (AvgIpc) is 2.90. The molecule has 1 N–H and O–H groups in total. The van der Waals surface area contributed by atoms with Crippen molar-refractivity contribution in [3.8, 4) is 11.3 Å². The molecule has 21 heavy (non-hydrogen) atoms. The van der Waals surface area contributed by atoms with Crippen molar-refractivity contribution >= 4 is 16.6 Å². The van der Waals surface area contributed by atoms with Crippen molar-refractivity contribution in [2.75, 3.05) is 18.5 Å². The van der Waals surface area contributed by atoms with Crippen LogP contribution in [0, 0.1) is 6.92 Å². The second kappa shape index (κ2) is 4.62. The topological polar surface area (TPSA) is 31.9 Å². The van der Waals surface area contributed by atoms with Crippen LogP contribution < -0.4 is 4.90 Å². The molecule has 0 unspecified atom stereocenters. The number of rotatable bonds is 1. The normalized spacial score (nSPS) is 14.5. The van der Waals surface area contributed by atoms with Gasteiger partial charge in [-0.05, 0) is 43.0 Å². The molecule has 2 heterocycles. The van der Waals surface area contributed by atoms with Crippen LogP contribution in [-0.2, 0) is 6.42 Å². The summed E-state index contributed by atoms with van der Waals surface area (Å²) in [6, 6.07) is 13.2. The maximum atomic E-state index is 4.54. The zero-order valence-corrected chi connectivity index (χ0v) is 12.5. The first-order valence-electron chi connectivity index (χ1n) is 7.51. The van der Waals surface area contributed by atoms with Crippen LogP contribution in [0.2, 0.25) is 0 Å². The van der Waals surface area contributed by atoms with E-state index in [-0.39, 0.29) is 0 Å². The van der Waals surface area contributed by atoms with Gasteiger partial charge in [-0.3, -0.25) is 5.10 Å². The van der Waals surface area contributed by atoms with E-state index in [4.69, 9.17) is 0 Å². The summed E-state index contributed by atoms with van der Waals surface area (Å²) in [5.41, 5.74) is 7.40. The SMILES string of the molecule is Cc1ccc2c(-c3ccc4c(c3)N(C)CCC4)n[nH]c2c1. The van der Waals surface area contributed by atoms with Gasteiger partial charge in [0.15, 0.2) is 0 Å². The Kier molecular flexibility index (Phi) is 2.74. The minimum absolute atomic E-state index is 1.05. The van der Waals surface area contributed by atoms with Gasteiger partial charge >= 0.3 is 0 Å². The number of aromatic nitrogens is 2. The van der Waals surface area contributed by atoms with Gasteiger partial charge in [0, 0.05) is 30.2 Å². The highest BCUT2D eigenvalue weighted by atomic mass is 15.1. The van der Waals surface area contributed by atoms with Crippen molar-refractivity contribution in [2.24, 2.45) is 0 Å². The van der Waals surface area contributed by atoms with E-state index in [0.717, 1.165) is 17.8 Å². The molecule has 0 atom stereocenters. The number of nitrogens with zero attached hydrogens (tertiary/aromatic N) is 2. The lowest BCUT2D eigenvalue weighted by Crippen LogP contribution is -2.24. The predicted molar refractivity (Wildman–Crippen MR) is 87.9 cm³/mol. The van der Waals surface area contributed by atoms with Crippen LogP contribution in [0.25, 0.3) is 22.2 Å². The molecule has 3 aromatic rings. The Morgan fingerprint density at radius 1 is 1.14 bits per heavy atom. The molecule has 2 aromatic carbocycles. The quantitative estimate of drug-likeness (QED) is 0.731. The lowest BCUT2D eigenvalue weighted by molar-refractivity contribution is 0.745. The monoisotopic (exact) mass is 277 g/mol. The fourth-order valence-electron chi connectivity index (χ4n) is 3.26. The van der Waals surface area contributed by atoms with Crippen LogP contribution in [0.5, 0.6) is 0 Å². The molecule has 0 radical (unpaired) electrons. The van der Waals surface area contributed by atoms with Crippen LogP contribution in [0.3, 0.4) is 0 Å². The zero-order chi connectivity index (χ0) is 14.4. The van der Waals surface area contributed by atoms with Gasteiger partial charge in [-0.15, -0.1) is 0 Å². The summed E-state index contributed by atoms with van der Waals surface area (Å²) in [6.07, 6.45) is 2.42. The number of nitrogens with one attached hydrogen (secondary N) is 1. The fraction of sp³-hybridized carbons (Fsp3) is 0.278. The smallest absolute Gasteiger partial charge is 0.1000 e. The van der Waals surface area contributed by atoms with E-state index >= 15 is 0 Å². The molecule has 1 aliphatic heterocycles. The van der Waals surface area contributed by atoms with E-state index in [1.807, 2.05) is 0 Å². The Balaban J connectivity index is 1.87. The van der Waals surface area contributed by atoms with Crippen LogP contribution >= 0.6 is 0 Å². The van der Waals surface area contributed by atoms with Gasteiger partial charge in [0.2, 0.25) is 0 Å². The van der Waals surface area contributed by atoms with Crippen LogP contribution in [0.15, 0.2) is 36.4 Å². The van der Waals surface area contributed by atoms with Gasteiger partial charge in [-0.1, -0.05) is 24.3 Å². The van der Waals surface area contributed by atoms with Gasteiger partial charge in [-0.25, -0.2) is 0 Å². The Bertz CT molecular complexity index is 816. The lowest BCUT2D eigenvalue weighted by atomic mass is 9.98. The highest BCUT2D eigenvalue weighted by Crippen LogP contribution is 2.33. The van der Waals surface area contributed by atoms with E-state index in [9.17, 15) is 0 Å². The number of aromatic amines is 1. The van der Waals surface area contributed by atoms with E-state index in [2.05, 4.69) is 65.5 Å². The third kappa shape index (κ3) is 2.00. The van der Waals surface area contributed by atoms with E-state index in [1.54, 1.807) is 0 Å². The lowest BCUT2D eigenvalue weighted by Gasteiger charge is -2.27. The number of fused-ring (bicyclic) bond motifs is 2. The highest BCUT2D eigenvalue weighted by Gasteiger charge is 2.16. The molecule has 3 nitrogen and oxygen atoms in total. The Labute approximate surface area is 124 Å². The summed E-state index contributed by atoms with van der Waals surface area (Å²) in [5, 5.41) is 8.89. The van der Waals surface area contributed by atoms with Gasteiger partial charge < -0.3 is 4.90 Å². The van der Waals surface area contributed by atoms with E-state index in [0.29, 0.717) is 0 Å². The second-order valence-electron chi connectivity index (χ2n) is 5.99. The summed E-state index contributed by atoms with van der Waals surface area (Å²) in [6.45, 7) is 3.24. The number of hydrogen-bond donors (Lipinski definition) is 1. The Morgan fingerprint density at radius 3 is 2.95 bits per heavy atom. The molecule has 1 aliphatic rings. The van der Waals surface area contributed by atoms with E-state index in [1.165, 1.54) is 40.6 Å². The van der Waals surface area contributed by atoms with Crippen molar-refractivity contribution in [3.63, 3.8) is 0 Å². The Hall–Kier alpha value is -2.29. The third-order valence-electron chi connectivity index (χ3n) is 4.43. The standard InChI is InChI=1S/C18H19N3/c1-12-5-8-15-16(10-12)19-20-18(15)14-7-6-13-4-3-9-21(2)17(13)11-14/h5-8,10-11H,3-4,9H2,1-2H3,(H,19,20). The van der Waals surface area contributed by atoms with Crippen LogP contribution in [0.4, 0.5) is 5.69 Å². The number of benzene rings is 2. The fourth-order valence-corrected chi connectivity index (χ4v) is 3.26. The number of H-pyrrole nitrogens is 1. The summed E-state index contributed by atoms with van der Waals surface area (Å²) in [4.78, 5) is 2.35. The number of hydrogen-bond acceptors (Lipinski definition) is 2. The molecule has 0 aliphatic carbocycles. The number of aryl methyl sites for hydroxylation is 2. The molecule has 0 bridgehead atoms. The maximum absolute atomic E-state index is 4.54. The molecule has 0 saturated carbocycles. The van der Waals surface area contributed by atoms with Gasteiger partial charge in [0.05, 0.1) is 11.2 Å². The minimum Gasteiger partial charge on any atom is -0.374 e. The number of anilines is 1. The van der Waals surface area contributed by atoms with Gasteiger partial charge in [0.25, 0.3) is 0 Å². The van der Waals surface area contributed by atoms with Gasteiger partial charge in [0.1, 0.15) is 0 Å². The second-order valence-corrected chi connectivity index (χ2v) is 5.99. The molecule has 0 spiro atoms. The first-order valence-corrected chi connectivity index (χ1v) is 7.51. The molecule has 4 rings (SSSR count). The van der Waals surface area contributed by atoms with Crippen LogP contribution in [-0.4, -0.2) is 23.8 Å². The summed E-state index contributed by atoms with van der Waals surface area (Å²) in [5.74, 6) is 0. The van der Waals surface area contributed by atoms with E-state index < -0.39 is 0 Å². The highest BCUT2D eigenvalue weighted by molar-refractivity contribution is 5.93. The molecule has 0 saturated heterocycles. The van der Waals surface area contributed by atoms with Crippen molar-refractivity contribution in [1.29, 1.82) is 0 Å². The van der Waals surface area contributed by atoms with Crippen molar-refractivity contribution < 1.29 is 0 Å². The zero-order valence-electron chi connectivity index (χ0n) is 12.5. The Morgan fingerprint density at radius 2 is 2.05 bits per heavy atom. The first kappa shape index (κ1) is 12.5. The third-order valence-corrected chi connectivity index (χ3v) is 4.43. The molecule has 0 amide bonds. The van der Waals surface area contributed by atoms with Crippen molar-refractivity contribution in [2.45, 2.75) is 19.8 Å². The molecule has 3 heteroatoms. The van der Waals surface area contributed by atoms with Crippen molar-refractivity contribution in [3.05, 3.63) is 47.5 Å². The molecule has 1 aromatic heterocycles. The predicted octanol–water partition coefficient (Wildman–Crippen LogP) is 3.92. The van der Waals surface area contributed by atoms with Crippen molar-refractivity contribution in [1.82, 2.24) is 10.2 Å². The summed E-state index contributed by atoms with van der Waals surface area (Å²) < 4.78 is 0. The largest absolute Gasteiger partial charge is 0.374 e. The van der Waals surface area contributed by atoms with Gasteiger partial charge in [-0.2, -0.15) is 5.10 Å².